The van der Waals surface area contributed by atoms with Crippen molar-refractivity contribution in [2.45, 2.75) is 13.3 Å². The molecule has 0 aliphatic carbocycles. The van der Waals surface area contributed by atoms with Crippen LogP contribution in [0.15, 0.2) is 22.0 Å². The zero-order valence-electron chi connectivity index (χ0n) is 7.35. The molecular weight excluding hydrogens is 270 g/mol. The molecule has 1 aromatic heterocycles. The van der Waals surface area contributed by atoms with Gasteiger partial charge in [-0.3, -0.25) is 0 Å². The number of benzene rings is 1. The second-order valence-corrected chi connectivity index (χ2v) is 5.50. The summed E-state index contributed by atoms with van der Waals surface area (Å²) in [6.07, 6.45) is -2.40. The highest BCUT2D eigenvalue weighted by Crippen LogP contribution is 2.37. The number of fused-ring (bicyclic) bond motifs is 1. The summed E-state index contributed by atoms with van der Waals surface area (Å²) < 4.78 is 27.1. The van der Waals surface area contributed by atoms with Crippen molar-refractivity contribution in [2.24, 2.45) is 0 Å². The predicted molar refractivity (Wildman–Crippen MR) is 59.2 cm³/mol. The monoisotopic (exact) mass is 276 g/mol. The van der Waals surface area contributed by atoms with Gasteiger partial charge in [-0.15, -0.1) is 11.3 Å². The minimum Gasteiger partial charge on any atom is -0.205 e. The normalized spacial score (nSPS) is 11.5. The first-order chi connectivity index (χ1) is 6.59. The lowest BCUT2D eigenvalue weighted by molar-refractivity contribution is 0.153. The number of rotatable bonds is 1. The highest BCUT2D eigenvalue weighted by atomic mass is 79.9. The Hall–Kier alpha value is -0.480. The third-order valence-corrected chi connectivity index (χ3v) is 3.89. The minimum atomic E-state index is -2.40. The molecule has 0 nitrogen and oxygen atoms in total. The summed E-state index contributed by atoms with van der Waals surface area (Å²) in [5.74, 6) is 0. The van der Waals surface area contributed by atoms with Crippen molar-refractivity contribution >= 4 is 37.4 Å². The molecule has 1 aromatic carbocycles. The van der Waals surface area contributed by atoms with Crippen molar-refractivity contribution in [3.8, 4) is 0 Å². The zero-order chi connectivity index (χ0) is 10.3. The van der Waals surface area contributed by atoms with Gasteiger partial charge in [0.05, 0.1) is 3.79 Å². The van der Waals surface area contributed by atoms with Gasteiger partial charge in [0.15, 0.2) is 0 Å². The highest BCUT2D eigenvalue weighted by Gasteiger charge is 2.14. The van der Waals surface area contributed by atoms with Crippen LogP contribution in [-0.2, 0) is 0 Å². The van der Waals surface area contributed by atoms with Crippen LogP contribution in [0.2, 0.25) is 0 Å². The van der Waals surface area contributed by atoms with Crippen molar-refractivity contribution in [3.05, 3.63) is 33.1 Å². The lowest BCUT2D eigenvalue weighted by atomic mass is 10.1. The number of aryl methyl sites for hydroxylation is 1. The summed E-state index contributed by atoms with van der Waals surface area (Å²) in [5.41, 5.74) is 1.16. The molecule has 0 bridgehead atoms. The van der Waals surface area contributed by atoms with Crippen LogP contribution < -0.4 is 0 Å². The molecular formula is C10H7BrF2S. The molecule has 0 fully saturated rings. The Bertz CT molecular complexity index is 476. The first-order valence-electron chi connectivity index (χ1n) is 4.06. The number of hydrogen-bond donors (Lipinski definition) is 0. The predicted octanol–water partition coefficient (Wildman–Crippen LogP) is 4.91. The summed E-state index contributed by atoms with van der Waals surface area (Å²) in [6, 6.07) is 5.00. The number of halogens is 3. The molecule has 1 heterocycles. The largest absolute Gasteiger partial charge is 0.264 e. The molecule has 0 saturated heterocycles. The maximum Gasteiger partial charge on any atom is 0.264 e. The molecule has 14 heavy (non-hydrogen) atoms. The molecule has 74 valence electrons. The second-order valence-electron chi connectivity index (χ2n) is 3.07. The Morgan fingerprint density at radius 2 is 2.07 bits per heavy atom. The number of hydrogen-bond acceptors (Lipinski definition) is 1. The van der Waals surface area contributed by atoms with Crippen molar-refractivity contribution in [1.29, 1.82) is 0 Å². The van der Waals surface area contributed by atoms with E-state index in [4.69, 9.17) is 0 Å². The lowest BCUT2D eigenvalue weighted by Crippen LogP contribution is -1.85. The Morgan fingerprint density at radius 3 is 2.71 bits per heavy atom. The second kappa shape index (κ2) is 3.59. The standard InChI is InChI=1S/C10H7BrF2S/c1-5-2-3-6(10(12)13)7-4-8(11)14-9(5)7/h2-4,10H,1H3. The fourth-order valence-electron chi connectivity index (χ4n) is 1.44. The minimum absolute atomic E-state index is 0.118. The van der Waals surface area contributed by atoms with Gasteiger partial charge in [-0.1, -0.05) is 12.1 Å². The number of thiophene rings is 1. The van der Waals surface area contributed by atoms with Crippen LogP contribution >= 0.6 is 27.3 Å². The average Bonchev–Trinajstić information content (AvgIpc) is 2.47. The molecule has 2 aromatic rings. The Labute approximate surface area is 92.7 Å². The van der Waals surface area contributed by atoms with E-state index in [1.807, 2.05) is 6.92 Å². The van der Waals surface area contributed by atoms with E-state index in [-0.39, 0.29) is 5.56 Å². The summed E-state index contributed by atoms with van der Waals surface area (Å²) in [6.45, 7) is 1.93. The van der Waals surface area contributed by atoms with Crippen LogP contribution in [0.4, 0.5) is 8.78 Å². The Kier molecular flexibility index (Phi) is 2.58. The van der Waals surface area contributed by atoms with Crippen LogP contribution in [-0.4, -0.2) is 0 Å². The van der Waals surface area contributed by atoms with Gasteiger partial charge in [0.2, 0.25) is 0 Å². The molecule has 2 rings (SSSR count). The number of alkyl halides is 2. The van der Waals surface area contributed by atoms with Gasteiger partial charge in [-0.2, -0.15) is 0 Å². The van der Waals surface area contributed by atoms with Crippen LogP contribution in [0, 0.1) is 6.92 Å². The van der Waals surface area contributed by atoms with Gasteiger partial charge in [-0.25, -0.2) is 8.78 Å². The van der Waals surface area contributed by atoms with E-state index in [1.54, 1.807) is 12.1 Å². The first kappa shape index (κ1) is 10.1. The third-order valence-electron chi connectivity index (χ3n) is 2.12. The molecule has 0 atom stereocenters. The third kappa shape index (κ3) is 1.57. The molecule has 0 amide bonds. The highest BCUT2D eigenvalue weighted by molar-refractivity contribution is 9.11. The molecule has 0 N–H and O–H groups in total. The molecule has 0 aliphatic rings. The van der Waals surface area contributed by atoms with E-state index in [1.165, 1.54) is 17.4 Å². The van der Waals surface area contributed by atoms with E-state index in [9.17, 15) is 8.78 Å². The topological polar surface area (TPSA) is 0 Å². The van der Waals surface area contributed by atoms with Gasteiger partial charge in [0.1, 0.15) is 0 Å². The maximum absolute atomic E-state index is 12.6. The van der Waals surface area contributed by atoms with E-state index in [2.05, 4.69) is 15.9 Å². The zero-order valence-corrected chi connectivity index (χ0v) is 9.75. The van der Waals surface area contributed by atoms with E-state index >= 15 is 0 Å². The van der Waals surface area contributed by atoms with E-state index < -0.39 is 6.43 Å². The van der Waals surface area contributed by atoms with Crippen molar-refractivity contribution in [2.75, 3.05) is 0 Å². The Morgan fingerprint density at radius 1 is 1.36 bits per heavy atom. The summed E-state index contributed by atoms with van der Waals surface area (Å²) in [4.78, 5) is 0. The molecule has 0 radical (unpaired) electrons. The first-order valence-corrected chi connectivity index (χ1v) is 5.67. The van der Waals surface area contributed by atoms with Gasteiger partial charge < -0.3 is 0 Å². The van der Waals surface area contributed by atoms with Gasteiger partial charge in [-0.05, 0) is 34.5 Å². The maximum atomic E-state index is 12.6. The molecule has 4 heteroatoms. The molecule has 0 saturated carbocycles. The van der Waals surface area contributed by atoms with Crippen molar-refractivity contribution in [3.63, 3.8) is 0 Å². The van der Waals surface area contributed by atoms with Crippen LogP contribution in [0.3, 0.4) is 0 Å². The Balaban J connectivity index is 2.81. The quantitative estimate of drug-likeness (QED) is 0.694. The molecule has 0 spiro atoms. The average molecular weight is 277 g/mol. The van der Waals surface area contributed by atoms with Crippen LogP contribution in [0.25, 0.3) is 10.1 Å². The lowest BCUT2D eigenvalue weighted by Gasteiger charge is -2.02. The van der Waals surface area contributed by atoms with E-state index in [0.29, 0.717) is 5.39 Å². The van der Waals surface area contributed by atoms with E-state index in [0.717, 1.165) is 14.0 Å². The fraction of sp³-hybridized carbons (Fsp3) is 0.200. The van der Waals surface area contributed by atoms with Crippen LogP contribution in [0.1, 0.15) is 17.6 Å². The van der Waals surface area contributed by atoms with Crippen LogP contribution in [0.5, 0.6) is 0 Å². The van der Waals surface area contributed by atoms with Gasteiger partial charge in [0.25, 0.3) is 6.43 Å². The summed E-state index contributed by atoms with van der Waals surface area (Å²) in [7, 11) is 0. The van der Waals surface area contributed by atoms with Gasteiger partial charge in [0, 0.05) is 15.6 Å². The summed E-state index contributed by atoms with van der Waals surface area (Å²) in [5, 5.41) is 0.664. The fourth-order valence-corrected chi connectivity index (χ4v) is 3.04. The smallest absolute Gasteiger partial charge is 0.205 e. The molecule has 0 unspecified atom stereocenters. The summed E-state index contributed by atoms with van der Waals surface area (Å²) >= 11 is 4.81. The molecule has 0 aliphatic heterocycles. The van der Waals surface area contributed by atoms with Gasteiger partial charge >= 0.3 is 0 Å². The van der Waals surface area contributed by atoms with Crippen molar-refractivity contribution in [1.82, 2.24) is 0 Å². The van der Waals surface area contributed by atoms with Crippen molar-refractivity contribution < 1.29 is 8.78 Å². The SMILES string of the molecule is Cc1ccc(C(F)F)c2cc(Br)sc12.